The summed E-state index contributed by atoms with van der Waals surface area (Å²) in [5.41, 5.74) is 2.05. The Balaban J connectivity index is 1.99. The summed E-state index contributed by atoms with van der Waals surface area (Å²) >= 11 is 0. The zero-order valence-electron chi connectivity index (χ0n) is 8.21. The van der Waals surface area contributed by atoms with E-state index < -0.39 is 0 Å². The maximum atomic E-state index is 11.6. The Morgan fingerprint density at radius 3 is 2.86 bits per heavy atom. The van der Waals surface area contributed by atoms with Crippen LogP contribution in [-0.4, -0.2) is 19.0 Å². The van der Waals surface area contributed by atoms with Gasteiger partial charge in [-0.1, -0.05) is 12.1 Å². The Morgan fingerprint density at radius 1 is 1.50 bits per heavy atom. The largest absolute Gasteiger partial charge is 0.326 e. The fourth-order valence-electron chi connectivity index (χ4n) is 1.44. The number of carbonyl (C=O) groups is 1. The van der Waals surface area contributed by atoms with Gasteiger partial charge in [0.25, 0.3) is 0 Å². The first-order valence-electron chi connectivity index (χ1n) is 4.84. The van der Waals surface area contributed by atoms with Crippen LogP contribution in [0.25, 0.3) is 0 Å². The number of hydrogen-bond acceptors (Lipinski definition) is 2. The summed E-state index contributed by atoms with van der Waals surface area (Å²) in [4.78, 5) is 11.6. The van der Waals surface area contributed by atoms with E-state index in [1.165, 1.54) is 0 Å². The van der Waals surface area contributed by atoms with Crippen LogP contribution in [0.1, 0.15) is 5.56 Å². The first kappa shape index (κ1) is 9.21. The molecule has 0 aromatic heterocycles. The fourth-order valence-corrected chi connectivity index (χ4v) is 1.44. The van der Waals surface area contributed by atoms with Gasteiger partial charge in [-0.3, -0.25) is 4.79 Å². The van der Waals surface area contributed by atoms with Crippen LogP contribution in [-0.2, 0) is 4.79 Å². The summed E-state index contributed by atoms with van der Waals surface area (Å²) < 4.78 is 0. The van der Waals surface area contributed by atoms with E-state index in [4.69, 9.17) is 0 Å². The van der Waals surface area contributed by atoms with Crippen molar-refractivity contribution < 1.29 is 4.79 Å². The molecule has 1 aromatic carbocycles. The van der Waals surface area contributed by atoms with Gasteiger partial charge in [0.1, 0.15) is 0 Å². The van der Waals surface area contributed by atoms with Crippen LogP contribution in [0.5, 0.6) is 0 Å². The van der Waals surface area contributed by atoms with Crippen LogP contribution >= 0.6 is 0 Å². The molecule has 0 bridgehead atoms. The molecule has 1 aliphatic heterocycles. The van der Waals surface area contributed by atoms with E-state index in [0.29, 0.717) is 0 Å². The lowest BCUT2D eigenvalue weighted by Gasteiger charge is -2.25. The maximum Gasteiger partial charge on any atom is 0.230 e. The average Bonchev–Trinajstić information content (AvgIpc) is 1.99. The Hall–Kier alpha value is -1.35. The minimum atomic E-state index is 0.120. The number of hydrogen-bond donors (Lipinski definition) is 2. The van der Waals surface area contributed by atoms with Crippen LogP contribution < -0.4 is 10.6 Å². The van der Waals surface area contributed by atoms with Gasteiger partial charge in [-0.15, -0.1) is 0 Å². The molecule has 1 aromatic rings. The van der Waals surface area contributed by atoms with Gasteiger partial charge in [0.15, 0.2) is 0 Å². The minimum Gasteiger partial charge on any atom is -0.326 e. The molecule has 14 heavy (non-hydrogen) atoms. The van der Waals surface area contributed by atoms with Gasteiger partial charge in [0.05, 0.1) is 5.92 Å². The topological polar surface area (TPSA) is 41.1 Å². The third-order valence-electron chi connectivity index (χ3n) is 2.44. The summed E-state index contributed by atoms with van der Waals surface area (Å²) in [6.45, 7) is 3.62. The zero-order valence-corrected chi connectivity index (χ0v) is 8.21. The van der Waals surface area contributed by atoms with Gasteiger partial charge in [-0.25, -0.2) is 0 Å². The lowest BCUT2D eigenvalue weighted by atomic mass is 10.0. The van der Waals surface area contributed by atoms with Crippen LogP contribution in [0.15, 0.2) is 24.3 Å². The molecule has 0 radical (unpaired) electrons. The Labute approximate surface area is 83.5 Å². The van der Waals surface area contributed by atoms with Crippen LogP contribution in [0.2, 0.25) is 0 Å². The predicted molar refractivity (Wildman–Crippen MR) is 56.2 cm³/mol. The third-order valence-corrected chi connectivity index (χ3v) is 2.44. The number of rotatable bonds is 2. The van der Waals surface area contributed by atoms with Gasteiger partial charge < -0.3 is 10.6 Å². The molecule has 0 spiro atoms. The van der Waals surface area contributed by atoms with Crippen molar-refractivity contribution in [3.63, 3.8) is 0 Å². The second kappa shape index (κ2) is 3.80. The maximum absolute atomic E-state index is 11.6. The highest BCUT2D eigenvalue weighted by Gasteiger charge is 2.24. The van der Waals surface area contributed by atoms with E-state index in [9.17, 15) is 4.79 Å². The van der Waals surface area contributed by atoms with Crippen molar-refractivity contribution in [1.82, 2.24) is 5.32 Å². The summed E-state index contributed by atoms with van der Waals surface area (Å²) in [6.07, 6.45) is 0. The van der Waals surface area contributed by atoms with Crippen LogP contribution in [0.4, 0.5) is 5.69 Å². The van der Waals surface area contributed by atoms with Crippen molar-refractivity contribution >= 4 is 11.6 Å². The lowest BCUT2D eigenvalue weighted by Crippen LogP contribution is -2.48. The lowest BCUT2D eigenvalue weighted by molar-refractivity contribution is -0.121. The highest BCUT2D eigenvalue weighted by atomic mass is 16.2. The molecular formula is C11H14N2O. The highest BCUT2D eigenvalue weighted by molar-refractivity contribution is 5.93. The number of carbonyl (C=O) groups excluding carboxylic acids is 1. The molecule has 3 heteroatoms. The zero-order chi connectivity index (χ0) is 9.97. The van der Waals surface area contributed by atoms with Gasteiger partial charge in [0, 0.05) is 18.8 Å². The molecule has 0 saturated carbocycles. The third kappa shape index (κ3) is 1.93. The summed E-state index contributed by atoms with van der Waals surface area (Å²) in [5, 5.41) is 5.98. The molecule has 3 nitrogen and oxygen atoms in total. The first-order chi connectivity index (χ1) is 6.75. The van der Waals surface area contributed by atoms with Gasteiger partial charge >= 0.3 is 0 Å². The molecule has 1 heterocycles. The number of amides is 1. The van der Waals surface area contributed by atoms with Crippen molar-refractivity contribution in [2.45, 2.75) is 6.92 Å². The summed E-state index contributed by atoms with van der Waals surface area (Å²) in [5.74, 6) is 0.268. The van der Waals surface area contributed by atoms with Gasteiger partial charge in [-0.05, 0) is 24.6 Å². The minimum absolute atomic E-state index is 0.120. The Kier molecular flexibility index (Phi) is 2.50. The van der Waals surface area contributed by atoms with Gasteiger partial charge in [-0.2, -0.15) is 0 Å². The standard InChI is InChI=1S/C11H14N2O/c1-8-3-2-4-10(5-8)13-11(14)9-6-12-7-9/h2-5,9,12H,6-7H2,1H3,(H,13,14). The molecule has 1 fully saturated rings. The number of nitrogens with one attached hydrogen (secondary N) is 2. The first-order valence-corrected chi connectivity index (χ1v) is 4.84. The van der Waals surface area contributed by atoms with Crippen molar-refractivity contribution in [3.05, 3.63) is 29.8 Å². The molecule has 1 aliphatic rings. The molecule has 2 N–H and O–H groups in total. The Morgan fingerprint density at radius 2 is 2.29 bits per heavy atom. The van der Waals surface area contributed by atoms with E-state index in [0.717, 1.165) is 24.3 Å². The highest BCUT2D eigenvalue weighted by Crippen LogP contribution is 2.12. The van der Waals surface area contributed by atoms with E-state index >= 15 is 0 Å². The fraction of sp³-hybridized carbons (Fsp3) is 0.364. The second-order valence-corrected chi connectivity index (χ2v) is 3.71. The second-order valence-electron chi connectivity index (χ2n) is 3.71. The smallest absolute Gasteiger partial charge is 0.230 e. The number of anilines is 1. The van der Waals surface area contributed by atoms with Crippen LogP contribution in [0.3, 0.4) is 0 Å². The molecule has 0 unspecified atom stereocenters. The summed E-state index contributed by atoms with van der Waals surface area (Å²) in [7, 11) is 0. The van der Waals surface area contributed by atoms with Crippen molar-refractivity contribution in [1.29, 1.82) is 0 Å². The number of aryl methyl sites for hydroxylation is 1. The summed E-state index contributed by atoms with van der Waals surface area (Å²) in [6, 6.07) is 7.85. The normalized spacial score (nSPS) is 16.1. The van der Waals surface area contributed by atoms with E-state index in [2.05, 4.69) is 10.6 Å². The molecule has 2 rings (SSSR count). The SMILES string of the molecule is Cc1cccc(NC(=O)C2CNC2)c1. The van der Waals surface area contributed by atoms with E-state index in [-0.39, 0.29) is 11.8 Å². The van der Waals surface area contributed by atoms with Crippen molar-refractivity contribution in [2.75, 3.05) is 18.4 Å². The monoisotopic (exact) mass is 190 g/mol. The molecule has 0 aliphatic carbocycles. The van der Waals surface area contributed by atoms with Crippen molar-refractivity contribution in [3.8, 4) is 0 Å². The predicted octanol–water partition coefficient (Wildman–Crippen LogP) is 1.15. The molecule has 0 atom stereocenters. The average molecular weight is 190 g/mol. The van der Waals surface area contributed by atoms with Gasteiger partial charge in [0.2, 0.25) is 5.91 Å². The van der Waals surface area contributed by atoms with E-state index in [1.807, 2.05) is 31.2 Å². The molecular weight excluding hydrogens is 176 g/mol. The number of benzene rings is 1. The molecule has 74 valence electrons. The van der Waals surface area contributed by atoms with Crippen molar-refractivity contribution in [2.24, 2.45) is 5.92 Å². The van der Waals surface area contributed by atoms with E-state index in [1.54, 1.807) is 0 Å². The Bertz CT molecular complexity index is 345. The molecule has 1 saturated heterocycles. The van der Waals surface area contributed by atoms with Crippen LogP contribution in [0, 0.1) is 12.8 Å². The molecule has 1 amide bonds. The quantitative estimate of drug-likeness (QED) is 0.734.